The van der Waals surface area contributed by atoms with Gasteiger partial charge in [0.2, 0.25) is 0 Å². The largest absolute Gasteiger partial charge is 0.254 e. The second kappa shape index (κ2) is 4.63. The van der Waals surface area contributed by atoms with Gasteiger partial charge in [0, 0.05) is 12.1 Å². The highest BCUT2D eigenvalue weighted by molar-refractivity contribution is 6.42. The zero-order valence-corrected chi connectivity index (χ0v) is 12.2. The van der Waals surface area contributed by atoms with Crippen LogP contribution in [0.2, 0.25) is 10.0 Å². The quantitative estimate of drug-likeness (QED) is 0.820. The highest BCUT2D eigenvalue weighted by Gasteiger charge is 2.50. The summed E-state index contributed by atoms with van der Waals surface area (Å²) in [5.74, 6) is 2.61. The summed E-state index contributed by atoms with van der Waals surface area (Å²) in [6, 6.07) is 6.88. The third kappa shape index (κ3) is 1.92. The van der Waals surface area contributed by atoms with E-state index < -0.39 is 0 Å². The number of benzene rings is 1. The fraction of sp³-hybridized carbons (Fsp3) is 0.600. The smallest absolute Gasteiger partial charge is 0.0640 e. The van der Waals surface area contributed by atoms with E-state index in [9.17, 15) is 0 Å². The van der Waals surface area contributed by atoms with Crippen LogP contribution in [-0.4, -0.2) is 6.04 Å². The van der Waals surface area contributed by atoms with Gasteiger partial charge in [0.25, 0.3) is 0 Å². The molecule has 1 aromatic carbocycles. The molecular weight excluding hydrogens is 279 g/mol. The Bertz CT molecular complexity index is 505. The Hall–Kier alpha value is -0.280. The van der Waals surface area contributed by atoms with Gasteiger partial charge in [-0.2, -0.15) is 0 Å². The van der Waals surface area contributed by atoms with Crippen molar-refractivity contribution in [1.82, 2.24) is 10.9 Å². The number of hydrogen-bond acceptors (Lipinski definition) is 2. The van der Waals surface area contributed by atoms with E-state index in [4.69, 9.17) is 23.2 Å². The molecule has 1 saturated heterocycles. The average Bonchev–Trinajstić information content (AvgIpc) is 3.03. The lowest BCUT2D eigenvalue weighted by atomic mass is 9.78. The Labute approximate surface area is 123 Å². The third-order valence-corrected chi connectivity index (χ3v) is 6.21. The Morgan fingerprint density at radius 2 is 1.84 bits per heavy atom. The zero-order valence-electron chi connectivity index (χ0n) is 10.7. The van der Waals surface area contributed by atoms with Crippen LogP contribution < -0.4 is 10.9 Å². The minimum Gasteiger partial charge on any atom is -0.254 e. The van der Waals surface area contributed by atoms with Gasteiger partial charge in [0.15, 0.2) is 0 Å². The maximum absolute atomic E-state index is 6.35. The molecule has 5 unspecified atom stereocenters. The topological polar surface area (TPSA) is 24.1 Å². The predicted molar refractivity (Wildman–Crippen MR) is 78.2 cm³/mol. The number of halogens is 2. The lowest BCUT2D eigenvalue weighted by Gasteiger charge is -2.40. The molecule has 2 N–H and O–H groups in total. The van der Waals surface area contributed by atoms with Gasteiger partial charge in [-0.3, -0.25) is 5.43 Å². The van der Waals surface area contributed by atoms with Crippen LogP contribution >= 0.6 is 23.2 Å². The number of nitrogens with one attached hydrogen (secondary N) is 2. The molecule has 19 heavy (non-hydrogen) atoms. The van der Waals surface area contributed by atoms with Crippen molar-refractivity contribution in [1.29, 1.82) is 0 Å². The van der Waals surface area contributed by atoms with E-state index in [0.717, 1.165) is 23.3 Å². The van der Waals surface area contributed by atoms with Crippen LogP contribution in [-0.2, 0) is 0 Å². The number of hydrazine groups is 1. The van der Waals surface area contributed by atoms with Gasteiger partial charge >= 0.3 is 0 Å². The summed E-state index contributed by atoms with van der Waals surface area (Å²) >= 11 is 12.5. The molecule has 2 bridgehead atoms. The van der Waals surface area contributed by atoms with Crippen LogP contribution in [0.3, 0.4) is 0 Å². The molecule has 0 amide bonds. The Morgan fingerprint density at radius 1 is 1.00 bits per heavy atom. The van der Waals surface area contributed by atoms with E-state index >= 15 is 0 Å². The fourth-order valence-electron chi connectivity index (χ4n) is 4.50. The van der Waals surface area contributed by atoms with E-state index in [1.807, 2.05) is 12.1 Å². The zero-order chi connectivity index (χ0) is 13.0. The lowest BCUT2D eigenvalue weighted by molar-refractivity contribution is 0.139. The summed E-state index contributed by atoms with van der Waals surface area (Å²) in [7, 11) is 0. The van der Waals surface area contributed by atoms with Crippen LogP contribution in [0.1, 0.15) is 37.3 Å². The van der Waals surface area contributed by atoms with Crippen molar-refractivity contribution in [3.63, 3.8) is 0 Å². The van der Waals surface area contributed by atoms with Gasteiger partial charge in [-0.05, 0) is 55.1 Å². The molecule has 3 aliphatic rings. The van der Waals surface area contributed by atoms with Gasteiger partial charge in [0.1, 0.15) is 0 Å². The van der Waals surface area contributed by atoms with Crippen molar-refractivity contribution in [2.75, 3.05) is 0 Å². The van der Waals surface area contributed by atoms with Crippen molar-refractivity contribution < 1.29 is 0 Å². The van der Waals surface area contributed by atoms with Crippen molar-refractivity contribution in [3.8, 4) is 0 Å². The van der Waals surface area contributed by atoms with Crippen LogP contribution in [0, 0.1) is 17.8 Å². The lowest BCUT2D eigenvalue weighted by Crippen LogP contribution is -2.54. The van der Waals surface area contributed by atoms with Gasteiger partial charge in [-0.1, -0.05) is 35.3 Å². The monoisotopic (exact) mass is 296 g/mol. The number of fused-ring (bicyclic) bond motifs is 5. The molecule has 2 aliphatic carbocycles. The molecule has 102 valence electrons. The summed E-state index contributed by atoms with van der Waals surface area (Å²) in [6.45, 7) is 0. The molecule has 2 nitrogen and oxygen atoms in total. The molecule has 4 rings (SSSR count). The van der Waals surface area contributed by atoms with Gasteiger partial charge in [0.05, 0.1) is 10.0 Å². The van der Waals surface area contributed by atoms with Gasteiger partial charge in [-0.25, -0.2) is 5.43 Å². The minimum atomic E-state index is 0.284. The molecule has 3 fully saturated rings. The molecule has 0 radical (unpaired) electrons. The Balaban J connectivity index is 1.59. The first-order chi connectivity index (χ1) is 9.24. The Morgan fingerprint density at radius 3 is 2.74 bits per heavy atom. The average molecular weight is 297 g/mol. The van der Waals surface area contributed by atoms with Crippen molar-refractivity contribution in [3.05, 3.63) is 33.8 Å². The normalized spacial score (nSPS) is 40.4. The van der Waals surface area contributed by atoms with Crippen LogP contribution in [0.5, 0.6) is 0 Å². The molecule has 2 saturated carbocycles. The van der Waals surface area contributed by atoms with Gasteiger partial charge < -0.3 is 0 Å². The molecule has 4 heteroatoms. The van der Waals surface area contributed by atoms with E-state index in [-0.39, 0.29) is 6.04 Å². The number of hydrogen-bond donors (Lipinski definition) is 2. The standard InChI is InChI=1S/C15H18Cl2N2/c16-12-3-1-2-10(14(12)17)13-7-11-8-4-5-9(6-8)15(11)19-18-13/h1-3,8-9,11,13,15,18-19H,4-7H2. The fourth-order valence-corrected chi connectivity index (χ4v) is 4.94. The SMILES string of the molecule is Clc1cccc(C2CC3C4CCC(C4)C3NN2)c1Cl. The first-order valence-electron chi connectivity index (χ1n) is 7.19. The molecule has 1 aliphatic heterocycles. The number of rotatable bonds is 1. The van der Waals surface area contributed by atoms with Crippen LogP contribution in [0.25, 0.3) is 0 Å². The van der Waals surface area contributed by atoms with Gasteiger partial charge in [-0.15, -0.1) is 0 Å². The second-order valence-electron chi connectivity index (χ2n) is 6.24. The molecule has 5 atom stereocenters. The summed E-state index contributed by atoms with van der Waals surface area (Å²) in [6.07, 6.45) is 5.42. The molecule has 1 aromatic rings. The van der Waals surface area contributed by atoms with Crippen LogP contribution in [0.4, 0.5) is 0 Å². The maximum Gasteiger partial charge on any atom is 0.0640 e. The molecule has 1 heterocycles. The molecule has 0 aromatic heterocycles. The van der Waals surface area contributed by atoms with Crippen molar-refractivity contribution in [2.24, 2.45) is 17.8 Å². The first kappa shape index (κ1) is 12.5. The third-order valence-electron chi connectivity index (χ3n) is 5.38. The van der Waals surface area contributed by atoms with E-state index in [1.54, 1.807) is 0 Å². The van der Waals surface area contributed by atoms with E-state index in [2.05, 4.69) is 16.9 Å². The Kier molecular flexibility index (Phi) is 3.03. The second-order valence-corrected chi connectivity index (χ2v) is 7.03. The highest BCUT2D eigenvalue weighted by atomic mass is 35.5. The minimum absolute atomic E-state index is 0.284. The summed E-state index contributed by atoms with van der Waals surface area (Å²) < 4.78 is 0. The summed E-state index contributed by atoms with van der Waals surface area (Å²) in [4.78, 5) is 0. The molecular formula is C15H18Cl2N2. The first-order valence-corrected chi connectivity index (χ1v) is 7.94. The maximum atomic E-state index is 6.35. The van der Waals surface area contributed by atoms with E-state index in [0.29, 0.717) is 16.1 Å². The van der Waals surface area contributed by atoms with Crippen molar-refractivity contribution in [2.45, 2.75) is 37.8 Å². The summed E-state index contributed by atoms with van der Waals surface area (Å²) in [5, 5.41) is 1.35. The predicted octanol–water partition coefficient (Wildman–Crippen LogP) is 3.95. The van der Waals surface area contributed by atoms with E-state index in [1.165, 1.54) is 25.7 Å². The highest BCUT2D eigenvalue weighted by Crippen LogP contribution is 2.52. The molecule has 0 spiro atoms. The van der Waals surface area contributed by atoms with Crippen LogP contribution in [0.15, 0.2) is 18.2 Å². The summed E-state index contributed by atoms with van der Waals surface area (Å²) in [5.41, 5.74) is 8.15. The van der Waals surface area contributed by atoms with Crippen molar-refractivity contribution >= 4 is 23.2 Å².